The lowest BCUT2D eigenvalue weighted by Crippen LogP contribution is -2.26. The molecule has 0 fully saturated rings. The first-order valence-electron chi connectivity index (χ1n) is 12.3. The highest BCUT2D eigenvalue weighted by Gasteiger charge is 2.17. The first-order chi connectivity index (χ1) is 17.7. The van der Waals surface area contributed by atoms with E-state index in [1.165, 1.54) is 0 Å². The van der Waals surface area contributed by atoms with Crippen LogP contribution in [-0.2, 0) is 19.5 Å². The maximum Gasteiger partial charge on any atom is 0.335 e. The molecule has 10 heteroatoms. The number of hydrogen-bond donors (Lipinski definition) is 1. The molecule has 0 atom stereocenters. The normalized spacial score (nSPS) is 11.3. The molecular weight excluding hydrogens is 454 g/mol. The summed E-state index contributed by atoms with van der Waals surface area (Å²) >= 11 is 0. The van der Waals surface area contributed by atoms with Crippen LogP contribution in [-0.4, -0.2) is 44.3 Å². The summed E-state index contributed by atoms with van der Waals surface area (Å²) in [6.07, 6.45) is 11.3. The van der Waals surface area contributed by atoms with E-state index in [-0.39, 0.29) is 5.69 Å². The van der Waals surface area contributed by atoms with Crippen LogP contribution in [0, 0.1) is 0 Å². The molecule has 1 aromatic carbocycles. The van der Waals surface area contributed by atoms with Crippen LogP contribution in [0.1, 0.15) is 44.5 Å². The van der Waals surface area contributed by atoms with Gasteiger partial charge in [0.25, 0.3) is 0 Å². The molecule has 4 heterocycles. The molecule has 36 heavy (non-hydrogen) atoms. The number of nitrogens with zero attached hydrogens (tertiary/aromatic N) is 8. The third-order valence-electron chi connectivity index (χ3n) is 6.21. The Morgan fingerprint density at radius 3 is 2.58 bits per heavy atom. The fraction of sp³-hybridized carbons (Fsp3) is 0.308. The average molecular weight is 484 g/mol. The van der Waals surface area contributed by atoms with Gasteiger partial charge in [-0.3, -0.25) is 9.55 Å². The van der Waals surface area contributed by atoms with Gasteiger partial charge >= 0.3 is 5.69 Å². The molecule has 1 N–H and O–H groups in total. The lowest BCUT2D eigenvalue weighted by atomic mass is 10.0. The van der Waals surface area contributed by atoms with Crippen molar-refractivity contribution in [2.24, 2.45) is 0 Å². The van der Waals surface area contributed by atoms with Crippen LogP contribution < -0.4 is 5.69 Å². The zero-order chi connectivity index (χ0) is 24.9. The van der Waals surface area contributed by atoms with E-state index in [9.17, 15) is 4.79 Å². The molecule has 0 aliphatic rings. The Hall–Kier alpha value is -4.34. The standard InChI is InChI=1S/C26H29N9O/c1-3-5-14-33-15-13-27-25(33)35-18-21(8-4-2)34(26(35)36)17-20-12-11-19(16-28-20)22-9-6-7-10-23(22)24-29-31-32-30-24/h6-7,9-13,15-16,18H,3-5,8,14,17H2,1-2H3,(H,29,30,31,32). The second kappa shape index (κ2) is 10.5. The molecule has 0 bridgehead atoms. The lowest BCUT2D eigenvalue weighted by molar-refractivity contribution is 0.607. The van der Waals surface area contributed by atoms with Gasteiger partial charge in [-0.05, 0) is 34.9 Å². The first-order valence-corrected chi connectivity index (χ1v) is 12.3. The summed E-state index contributed by atoms with van der Waals surface area (Å²) in [5.74, 6) is 1.26. The Labute approximate surface area is 208 Å². The minimum atomic E-state index is -0.101. The summed E-state index contributed by atoms with van der Waals surface area (Å²) in [4.78, 5) is 22.7. The van der Waals surface area contributed by atoms with Gasteiger partial charge in [0, 0.05) is 48.2 Å². The predicted octanol–water partition coefficient (Wildman–Crippen LogP) is 3.88. The monoisotopic (exact) mass is 483 g/mol. The summed E-state index contributed by atoms with van der Waals surface area (Å²) in [6, 6.07) is 11.9. The average Bonchev–Trinajstić information content (AvgIpc) is 3.66. The van der Waals surface area contributed by atoms with Crippen LogP contribution in [0.4, 0.5) is 0 Å². The number of imidazole rings is 2. The summed E-state index contributed by atoms with van der Waals surface area (Å²) in [5, 5.41) is 14.2. The van der Waals surface area contributed by atoms with Gasteiger partial charge in [-0.2, -0.15) is 0 Å². The molecule has 5 rings (SSSR count). The zero-order valence-electron chi connectivity index (χ0n) is 20.5. The topological polar surface area (TPSA) is 112 Å². The highest BCUT2D eigenvalue weighted by atomic mass is 16.1. The Bertz CT molecular complexity index is 1480. The molecule has 0 aliphatic carbocycles. The van der Waals surface area contributed by atoms with E-state index < -0.39 is 0 Å². The maximum absolute atomic E-state index is 13.5. The third kappa shape index (κ3) is 4.61. The summed E-state index contributed by atoms with van der Waals surface area (Å²) in [5.41, 5.74) is 4.50. The van der Waals surface area contributed by atoms with E-state index in [1.54, 1.807) is 15.3 Å². The highest BCUT2D eigenvalue weighted by molar-refractivity contribution is 5.79. The van der Waals surface area contributed by atoms with Gasteiger partial charge in [0.2, 0.25) is 5.95 Å². The summed E-state index contributed by atoms with van der Waals surface area (Å²) in [7, 11) is 0. The molecule has 0 saturated heterocycles. The van der Waals surface area contributed by atoms with Crippen molar-refractivity contribution in [1.82, 2.24) is 44.3 Å². The molecule has 0 aliphatic heterocycles. The lowest BCUT2D eigenvalue weighted by Gasteiger charge is -2.09. The van der Waals surface area contributed by atoms with Crippen LogP contribution in [0.2, 0.25) is 0 Å². The summed E-state index contributed by atoms with van der Waals surface area (Å²) in [6.45, 7) is 5.50. The largest absolute Gasteiger partial charge is 0.335 e. The van der Waals surface area contributed by atoms with Gasteiger partial charge in [0.1, 0.15) is 0 Å². The predicted molar refractivity (Wildman–Crippen MR) is 137 cm³/mol. The molecule has 10 nitrogen and oxygen atoms in total. The number of tetrazole rings is 1. The van der Waals surface area contributed by atoms with Crippen molar-refractivity contribution >= 4 is 0 Å². The van der Waals surface area contributed by atoms with Gasteiger partial charge < -0.3 is 4.57 Å². The molecule has 184 valence electrons. The number of benzene rings is 1. The van der Waals surface area contributed by atoms with Gasteiger partial charge in [0.15, 0.2) is 5.82 Å². The molecule has 0 radical (unpaired) electrons. The number of hydrogen-bond acceptors (Lipinski definition) is 6. The Kier molecular flexibility index (Phi) is 6.83. The number of aromatic nitrogens is 9. The number of H-pyrrole nitrogens is 1. The van der Waals surface area contributed by atoms with Crippen molar-refractivity contribution in [3.8, 4) is 28.5 Å². The molecule has 0 saturated carbocycles. The van der Waals surface area contributed by atoms with Crippen LogP contribution in [0.15, 0.2) is 66.0 Å². The van der Waals surface area contributed by atoms with Crippen molar-refractivity contribution in [1.29, 1.82) is 0 Å². The molecule has 0 unspecified atom stereocenters. The van der Waals surface area contributed by atoms with E-state index in [0.717, 1.165) is 60.3 Å². The van der Waals surface area contributed by atoms with E-state index in [4.69, 9.17) is 4.98 Å². The number of aromatic amines is 1. The number of nitrogens with one attached hydrogen (secondary N) is 1. The molecule has 0 spiro atoms. The summed E-state index contributed by atoms with van der Waals surface area (Å²) < 4.78 is 5.51. The Morgan fingerprint density at radius 1 is 1.00 bits per heavy atom. The van der Waals surface area contributed by atoms with Crippen LogP contribution >= 0.6 is 0 Å². The van der Waals surface area contributed by atoms with E-state index in [0.29, 0.717) is 18.3 Å². The van der Waals surface area contributed by atoms with Crippen LogP contribution in [0.5, 0.6) is 0 Å². The van der Waals surface area contributed by atoms with Crippen molar-refractivity contribution in [3.63, 3.8) is 0 Å². The van der Waals surface area contributed by atoms with Crippen molar-refractivity contribution in [2.45, 2.75) is 52.6 Å². The maximum atomic E-state index is 13.5. The zero-order valence-corrected chi connectivity index (χ0v) is 20.5. The van der Waals surface area contributed by atoms with Gasteiger partial charge in [0.05, 0.1) is 12.2 Å². The molecule has 0 amide bonds. The Morgan fingerprint density at radius 2 is 1.86 bits per heavy atom. The van der Waals surface area contributed by atoms with Crippen LogP contribution in [0.3, 0.4) is 0 Å². The minimum Gasteiger partial charge on any atom is -0.317 e. The second-order valence-corrected chi connectivity index (χ2v) is 8.72. The SMILES string of the molecule is CCCCn1ccnc1-n1cc(CCC)n(Cc2ccc(-c3ccccc3-c3nnn[nH]3)cn2)c1=O. The minimum absolute atomic E-state index is 0.101. The molecule has 5 aromatic rings. The smallest absolute Gasteiger partial charge is 0.317 e. The third-order valence-corrected chi connectivity index (χ3v) is 6.21. The second-order valence-electron chi connectivity index (χ2n) is 8.72. The fourth-order valence-corrected chi connectivity index (χ4v) is 4.37. The van der Waals surface area contributed by atoms with Crippen molar-refractivity contribution < 1.29 is 0 Å². The van der Waals surface area contributed by atoms with Crippen LogP contribution in [0.25, 0.3) is 28.5 Å². The fourth-order valence-electron chi connectivity index (χ4n) is 4.37. The number of aryl methyl sites for hydroxylation is 2. The van der Waals surface area contributed by atoms with E-state index in [2.05, 4.69) is 39.5 Å². The van der Waals surface area contributed by atoms with Gasteiger partial charge in [-0.1, -0.05) is 57.0 Å². The van der Waals surface area contributed by atoms with E-state index >= 15 is 0 Å². The quantitative estimate of drug-likeness (QED) is 0.323. The Balaban J connectivity index is 1.45. The number of unbranched alkanes of at least 4 members (excludes halogenated alkanes) is 1. The van der Waals surface area contributed by atoms with Gasteiger partial charge in [-0.15, -0.1) is 5.10 Å². The van der Waals surface area contributed by atoms with Crippen molar-refractivity contribution in [3.05, 3.63) is 83.1 Å². The first kappa shape index (κ1) is 23.4. The van der Waals surface area contributed by atoms with Gasteiger partial charge in [-0.25, -0.2) is 19.4 Å². The molecular formula is C26H29N9O. The highest BCUT2D eigenvalue weighted by Crippen LogP contribution is 2.29. The number of pyridine rings is 1. The number of rotatable bonds is 10. The molecule has 4 aromatic heterocycles. The van der Waals surface area contributed by atoms with Crippen molar-refractivity contribution in [2.75, 3.05) is 0 Å². The van der Waals surface area contributed by atoms with E-state index in [1.807, 2.05) is 59.6 Å².